The molecule has 31 heavy (non-hydrogen) atoms. The van der Waals surface area contributed by atoms with Crippen molar-refractivity contribution in [3.63, 3.8) is 0 Å². The smallest absolute Gasteiger partial charge is 0.384 e. The number of halogens is 1. The highest BCUT2D eigenvalue weighted by atomic mass is 31.1. The summed E-state index contributed by atoms with van der Waals surface area (Å²) in [6.45, 7) is 0.0954. The first kappa shape index (κ1) is 21.3. The molecule has 5 unspecified atom stereocenters. The van der Waals surface area contributed by atoms with E-state index in [0.29, 0.717) is 0 Å². The lowest BCUT2D eigenvalue weighted by Gasteiger charge is -2.27. The Labute approximate surface area is 174 Å². The van der Waals surface area contributed by atoms with Gasteiger partial charge in [-0.1, -0.05) is 18.2 Å². The molecule has 14 heteroatoms. The minimum atomic E-state index is -2.97. The molecule has 0 spiro atoms. The van der Waals surface area contributed by atoms with Gasteiger partial charge in [-0.05, 0) is 19.1 Å². The maximum absolute atomic E-state index is 15.4. The van der Waals surface area contributed by atoms with Crippen molar-refractivity contribution in [3.05, 3.63) is 47.0 Å². The predicted molar refractivity (Wildman–Crippen MR) is 104 cm³/mol. The molecule has 0 bridgehead atoms. The molecule has 3 heterocycles. The Hall–Kier alpha value is -2.96. The quantitative estimate of drug-likeness (QED) is 0.389. The molecular formula is C17H18FN5O7P+. The highest BCUT2D eigenvalue weighted by Crippen LogP contribution is 2.47. The Kier molecular flexibility index (Phi) is 5.23. The maximum Gasteiger partial charge on any atom is 0.750 e. The van der Waals surface area contributed by atoms with Crippen LogP contribution in [0.2, 0.25) is 0 Å². The molecule has 3 aromatic rings. The third kappa shape index (κ3) is 3.77. The zero-order valence-corrected chi connectivity index (χ0v) is 16.9. The van der Waals surface area contributed by atoms with Crippen molar-refractivity contribution in [2.75, 3.05) is 12.3 Å². The Balaban J connectivity index is 1.56. The number of aromatic amines is 1. The van der Waals surface area contributed by atoms with Crippen LogP contribution in [-0.4, -0.2) is 53.9 Å². The van der Waals surface area contributed by atoms with E-state index in [2.05, 4.69) is 15.0 Å². The Morgan fingerprint density at radius 2 is 2.13 bits per heavy atom. The number of aliphatic hydroxyl groups is 2. The summed E-state index contributed by atoms with van der Waals surface area (Å²) in [6.07, 6.45) is -2.60. The topological polar surface area (TPSA) is 175 Å². The first-order valence-corrected chi connectivity index (χ1v) is 10.0. The van der Waals surface area contributed by atoms with Crippen LogP contribution in [0.4, 0.5) is 10.3 Å². The number of H-pyrrole nitrogens is 1. The van der Waals surface area contributed by atoms with Crippen molar-refractivity contribution in [3.8, 4) is 5.75 Å². The average Bonchev–Trinajstić information content (AvgIpc) is 3.21. The van der Waals surface area contributed by atoms with Crippen LogP contribution in [0.15, 0.2) is 41.5 Å². The molecule has 1 aliphatic heterocycles. The van der Waals surface area contributed by atoms with Gasteiger partial charge < -0.3 is 20.7 Å². The number of imidazole rings is 1. The van der Waals surface area contributed by atoms with E-state index in [4.69, 9.17) is 19.5 Å². The van der Waals surface area contributed by atoms with Gasteiger partial charge in [-0.25, -0.2) is 13.9 Å². The number of alkyl halides is 1. The number of nitrogens with two attached hydrogens (primary N) is 1. The zero-order chi connectivity index (χ0) is 22.4. The molecule has 1 aromatic carbocycles. The van der Waals surface area contributed by atoms with Crippen molar-refractivity contribution in [1.82, 2.24) is 19.5 Å². The number of fused-ring (bicyclic) bond motifs is 1. The number of nitrogen functional groups attached to an aromatic ring is 1. The van der Waals surface area contributed by atoms with Crippen LogP contribution < -0.4 is 15.8 Å². The van der Waals surface area contributed by atoms with E-state index >= 15 is 4.39 Å². The van der Waals surface area contributed by atoms with Gasteiger partial charge in [-0.2, -0.15) is 4.98 Å². The number of ether oxygens (including phenoxy) is 1. The molecule has 1 aliphatic rings. The summed E-state index contributed by atoms with van der Waals surface area (Å²) in [6, 6.07) is 8.05. The molecule has 5 atom stereocenters. The van der Waals surface area contributed by atoms with Crippen LogP contribution in [-0.2, 0) is 13.8 Å². The Morgan fingerprint density at radius 1 is 1.42 bits per heavy atom. The van der Waals surface area contributed by atoms with Crippen molar-refractivity contribution in [2.24, 2.45) is 0 Å². The van der Waals surface area contributed by atoms with E-state index in [9.17, 15) is 19.6 Å². The standard InChI is InChI=1S/C17H17FN5O7P/c1-16(26)13(25)17(18,7-28-31(27)30-9-5-3-2-4-6-9)29-14(16)23-8-20-10-11(23)21-15(19)22-12(10)24/h2-6,8,13-14,25-26H,7H2,1H3,(H2-,19,21,22,24)/p+1. The van der Waals surface area contributed by atoms with Gasteiger partial charge in [-0.15, -0.1) is 4.52 Å². The lowest BCUT2D eigenvalue weighted by atomic mass is 9.95. The summed E-state index contributed by atoms with van der Waals surface area (Å²) in [7, 11) is -2.81. The van der Waals surface area contributed by atoms with Crippen molar-refractivity contribution < 1.29 is 33.0 Å². The van der Waals surface area contributed by atoms with Crippen LogP contribution in [0.5, 0.6) is 5.75 Å². The molecule has 2 aromatic heterocycles. The number of rotatable bonds is 6. The minimum absolute atomic E-state index is 0.0950. The van der Waals surface area contributed by atoms with Gasteiger partial charge >= 0.3 is 8.25 Å². The largest absolute Gasteiger partial charge is 0.750 e. The minimum Gasteiger partial charge on any atom is -0.384 e. The first-order valence-electron chi connectivity index (χ1n) is 8.94. The molecule has 4 rings (SSSR count). The Morgan fingerprint density at radius 3 is 2.84 bits per heavy atom. The second kappa shape index (κ2) is 7.62. The summed E-state index contributed by atoms with van der Waals surface area (Å²) in [5.41, 5.74) is 2.46. The molecule has 0 radical (unpaired) electrons. The fourth-order valence-corrected chi connectivity index (χ4v) is 3.87. The van der Waals surface area contributed by atoms with Crippen LogP contribution in [0, 0.1) is 0 Å². The SMILES string of the molecule is CC1(O)C(n2cnc3c(=O)[nH]c(N)nc32)OC(F)(CO[P+](=O)Oc2ccccc2)C1O. The van der Waals surface area contributed by atoms with Crippen molar-refractivity contribution in [1.29, 1.82) is 0 Å². The average molecular weight is 454 g/mol. The summed E-state index contributed by atoms with van der Waals surface area (Å²) >= 11 is 0. The normalized spacial score (nSPS) is 28.7. The maximum atomic E-state index is 15.4. The van der Waals surface area contributed by atoms with Gasteiger partial charge in [0, 0.05) is 4.57 Å². The number of aromatic nitrogens is 4. The lowest BCUT2D eigenvalue weighted by molar-refractivity contribution is -0.202. The second-order valence-corrected chi connectivity index (χ2v) is 7.95. The molecule has 1 fully saturated rings. The molecule has 0 saturated carbocycles. The zero-order valence-electron chi connectivity index (χ0n) is 16.0. The van der Waals surface area contributed by atoms with Gasteiger partial charge in [0.25, 0.3) is 11.4 Å². The van der Waals surface area contributed by atoms with E-state index < -0.39 is 44.2 Å². The number of hydrogen-bond acceptors (Lipinski definition) is 10. The van der Waals surface area contributed by atoms with E-state index in [-0.39, 0.29) is 22.9 Å². The van der Waals surface area contributed by atoms with Gasteiger partial charge in [0.2, 0.25) is 5.95 Å². The molecule has 0 aliphatic carbocycles. The third-order valence-corrected chi connectivity index (χ3v) is 5.46. The number of nitrogens with zero attached hydrogens (tertiary/aromatic N) is 3. The fourth-order valence-electron chi connectivity index (χ4n) is 3.24. The number of nitrogens with one attached hydrogen (secondary N) is 1. The van der Waals surface area contributed by atoms with Gasteiger partial charge in [0.1, 0.15) is 11.7 Å². The lowest BCUT2D eigenvalue weighted by Crippen LogP contribution is -2.49. The summed E-state index contributed by atoms with van der Waals surface area (Å²) < 4.78 is 43.7. The van der Waals surface area contributed by atoms with E-state index in [0.717, 1.165) is 17.8 Å². The Bertz CT molecular complexity index is 1190. The fraction of sp³-hybridized carbons (Fsp3) is 0.353. The number of hydrogen-bond donors (Lipinski definition) is 4. The monoisotopic (exact) mass is 454 g/mol. The van der Waals surface area contributed by atoms with Crippen LogP contribution in [0.1, 0.15) is 13.2 Å². The van der Waals surface area contributed by atoms with Gasteiger partial charge in [-0.3, -0.25) is 14.3 Å². The number of aliphatic hydroxyl groups excluding tert-OH is 1. The summed E-state index contributed by atoms with van der Waals surface area (Å²) in [4.78, 5) is 22.0. The van der Waals surface area contributed by atoms with Gasteiger partial charge in [0.15, 0.2) is 29.7 Å². The molecule has 12 nitrogen and oxygen atoms in total. The highest BCUT2D eigenvalue weighted by molar-refractivity contribution is 7.33. The van der Waals surface area contributed by atoms with E-state index in [1.165, 1.54) is 12.1 Å². The second-order valence-electron chi connectivity index (χ2n) is 7.06. The molecule has 1 saturated heterocycles. The highest BCUT2D eigenvalue weighted by Gasteiger charge is 2.64. The van der Waals surface area contributed by atoms with Crippen LogP contribution in [0.3, 0.4) is 0 Å². The van der Waals surface area contributed by atoms with E-state index in [1.807, 2.05) is 0 Å². The van der Waals surface area contributed by atoms with Gasteiger partial charge in [0.05, 0.1) is 6.33 Å². The summed E-state index contributed by atoms with van der Waals surface area (Å²) in [5, 5.41) is 21.2. The van der Waals surface area contributed by atoms with Crippen molar-refractivity contribution in [2.45, 2.75) is 30.7 Å². The predicted octanol–water partition coefficient (Wildman–Crippen LogP) is 0.761. The number of anilines is 1. The first-order chi connectivity index (χ1) is 14.6. The van der Waals surface area contributed by atoms with E-state index in [1.54, 1.807) is 18.2 Å². The number of benzene rings is 1. The number of para-hydroxylation sites is 1. The molecule has 5 N–H and O–H groups in total. The van der Waals surface area contributed by atoms with Crippen molar-refractivity contribution >= 4 is 25.4 Å². The molecule has 0 amide bonds. The van der Waals surface area contributed by atoms with Crippen LogP contribution in [0.25, 0.3) is 11.2 Å². The summed E-state index contributed by atoms with van der Waals surface area (Å²) in [5.74, 6) is -2.97. The molecular weight excluding hydrogens is 436 g/mol. The van der Waals surface area contributed by atoms with Crippen LogP contribution >= 0.6 is 8.25 Å². The molecule has 164 valence electrons. The third-order valence-electron chi connectivity index (χ3n) is 4.76.